The number of benzene rings is 1. The molecule has 0 atom stereocenters. The van der Waals surface area contributed by atoms with Gasteiger partial charge in [0.15, 0.2) is 0 Å². The van der Waals surface area contributed by atoms with E-state index in [4.69, 9.17) is 16.3 Å². The van der Waals surface area contributed by atoms with Crippen LogP contribution in [0.3, 0.4) is 0 Å². The molecule has 3 rings (SSSR count). The predicted octanol–water partition coefficient (Wildman–Crippen LogP) is 3.61. The maximum atomic E-state index is 12.5. The van der Waals surface area contributed by atoms with Crippen LogP contribution in [0.1, 0.15) is 36.0 Å². The molecule has 0 spiro atoms. The molecular weight excluding hydrogens is 386 g/mol. The number of hydrogen-bond acceptors (Lipinski definition) is 4. The molecule has 27 heavy (non-hydrogen) atoms. The van der Waals surface area contributed by atoms with Crippen molar-refractivity contribution in [2.24, 2.45) is 0 Å². The number of halogens is 1. The average Bonchev–Trinajstić information content (AvgIpc) is 3.19. The Morgan fingerprint density at radius 3 is 2.67 bits per heavy atom. The van der Waals surface area contributed by atoms with Crippen LogP contribution >= 0.6 is 23.4 Å². The largest absolute Gasteiger partial charge is 0.378 e. The molecule has 1 aromatic rings. The lowest BCUT2D eigenvalue weighted by atomic mass is 10.1. The molecule has 1 aromatic carbocycles. The molecule has 0 radical (unpaired) electrons. The fourth-order valence-corrected chi connectivity index (χ4v) is 4.80. The topological polar surface area (TPSA) is 70.7 Å². The Kier molecular flexibility index (Phi) is 7.67. The standard InChI is InChI=1S/C19H26ClN3O3S/c20-17-13-14(5-6-16(17)18(24)23-8-10-26-11-9-23)22-19(25)21-7-12-27-15-3-1-2-4-15/h5-6,13,15H,1-4,7-12H2,(H2,21,22,25). The van der Waals surface area contributed by atoms with Gasteiger partial charge in [-0.25, -0.2) is 4.79 Å². The van der Waals surface area contributed by atoms with Crippen molar-refractivity contribution < 1.29 is 14.3 Å². The number of hydrogen-bond donors (Lipinski definition) is 2. The number of ether oxygens (including phenoxy) is 1. The molecule has 1 heterocycles. The van der Waals surface area contributed by atoms with Crippen molar-refractivity contribution in [1.29, 1.82) is 0 Å². The summed E-state index contributed by atoms with van der Waals surface area (Å²) in [6, 6.07) is 4.71. The van der Waals surface area contributed by atoms with Gasteiger partial charge in [0.25, 0.3) is 5.91 Å². The first kappa shape index (κ1) is 20.3. The number of carbonyl (C=O) groups excluding carboxylic acids is 2. The number of thioether (sulfide) groups is 1. The van der Waals surface area contributed by atoms with Crippen molar-refractivity contribution in [3.63, 3.8) is 0 Å². The van der Waals surface area contributed by atoms with Crippen molar-refractivity contribution in [3.8, 4) is 0 Å². The first-order valence-electron chi connectivity index (χ1n) is 9.46. The molecule has 3 amide bonds. The summed E-state index contributed by atoms with van der Waals surface area (Å²) in [6.07, 6.45) is 5.25. The third-order valence-electron chi connectivity index (χ3n) is 4.80. The summed E-state index contributed by atoms with van der Waals surface area (Å²) in [7, 11) is 0. The van der Waals surface area contributed by atoms with Crippen molar-refractivity contribution in [3.05, 3.63) is 28.8 Å². The average molecular weight is 412 g/mol. The van der Waals surface area contributed by atoms with Crippen molar-refractivity contribution in [2.75, 3.05) is 43.9 Å². The summed E-state index contributed by atoms with van der Waals surface area (Å²) in [5.41, 5.74) is 1.01. The molecule has 1 aliphatic carbocycles. The van der Waals surface area contributed by atoms with Gasteiger partial charge in [0.2, 0.25) is 0 Å². The molecule has 2 aliphatic rings. The Bertz CT molecular complexity index is 662. The van der Waals surface area contributed by atoms with Crippen LogP contribution in [0.5, 0.6) is 0 Å². The van der Waals surface area contributed by atoms with E-state index in [1.54, 1.807) is 23.1 Å². The maximum absolute atomic E-state index is 12.5. The summed E-state index contributed by atoms with van der Waals surface area (Å²) in [4.78, 5) is 26.3. The molecule has 1 saturated carbocycles. The van der Waals surface area contributed by atoms with Gasteiger partial charge in [-0.3, -0.25) is 4.79 Å². The summed E-state index contributed by atoms with van der Waals surface area (Å²) < 4.78 is 5.27. The molecule has 148 valence electrons. The number of nitrogens with zero attached hydrogens (tertiary/aromatic N) is 1. The van der Waals surface area contributed by atoms with Crippen LogP contribution < -0.4 is 10.6 Å². The van der Waals surface area contributed by atoms with Gasteiger partial charge in [-0.05, 0) is 31.0 Å². The van der Waals surface area contributed by atoms with E-state index in [0.29, 0.717) is 49.1 Å². The van der Waals surface area contributed by atoms with E-state index in [0.717, 1.165) is 11.0 Å². The molecule has 0 aromatic heterocycles. The Labute approximate surface area is 169 Å². The highest BCUT2D eigenvalue weighted by molar-refractivity contribution is 7.99. The molecule has 2 fully saturated rings. The van der Waals surface area contributed by atoms with E-state index in [1.807, 2.05) is 11.8 Å². The molecule has 0 bridgehead atoms. The number of amides is 3. The third-order valence-corrected chi connectivity index (χ3v) is 6.49. The van der Waals surface area contributed by atoms with Crippen LogP contribution in [0, 0.1) is 0 Å². The Morgan fingerprint density at radius 1 is 1.22 bits per heavy atom. The minimum absolute atomic E-state index is 0.108. The number of rotatable bonds is 6. The highest BCUT2D eigenvalue weighted by atomic mass is 35.5. The van der Waals surface area contributed by atoms with Crippen molar-refractivity contribution in [2.45, 2.75) is 30.9 Å². The van der Waals surface area contributed by atoms with Gasteiger partial charge in [-0.1, -0.05) is 24.4 Å². The van der Waals surface area contributed by atoms with Crippen LogP contribution in [0.25, 0.3) is 0 Å². The quantitative estimate of drug-likeness (QED) is 0.701. The molecular formula is C19H26ClN3O3S. The first-order chi connectivity index (χ1) is 13.1. The fourth-order valence-electron chi connectivity index (χ4n) is 3.32. The molecule has 8 heteroatoms. The van der Waals surface area contributed by atoms with Gasteiger partial charge < -0.3 is 20.3 Å². The normalized spacial score (nSPS) is 17.7. The number of anilines is 1. The van der Waals surface area contributed by atoms with Crippen LogP contribution in [0.4, 0.5) is 10.5 Å². The van der Waals surface area contributed by atoms with Crippen molar-refractivity contribution >= 4 is 41.0 Å². The SMILES string of the molecule is O=C(NCCSC1CCCC1)Nc1ccc(C(=O)N2CCOCC2)c(Cl)c1. The zero-order valence-electron chi connectivity index (χ0n) is 15.3. The van der Waals surface area contributed by atoms with Crippen LogP contribution in [-0.4, -0.2) is 60.7 Å². The zero-order chi connectivity index (χ0) is 19.1. The van der Waals surface area contributed by atoms with Gasteiger partial charge in [-0.2, -0.15) is 11.8 Å². The van der Waals surface area contributed by atoms with Gasteiger partial charge in [0, 0.05) is 36.3 Å². The number of urea groups is 1. The summed E-state index contributed by atoms with van der Waals surface area (Å²) in [5.74, 6) is 0.814. The maximum Gasteiger partial charge on any atom is 0.319 e. The highest BCUT2D eigenvalue weighted by Crippen LogP contribution is 2.29. The van der Waals surface area contributed by atoms with Crippen LogP contribution in [0.15, 0.2) is 18.2 Å². The van der Waals surface area contributed by atoms with E-state index >= 15 is 0 Å². The smallest absolute Gasteiger partial charge is 0.319 e. The van der Waals surface area contributed by atoms with Gasteiger partial charge >= 0.3 is 6.03 Å². The van der Waals surface area contributed by atoms with Crippen molar-refractivity contribution in [1.82, 2.24) is 10.2 Å². The number of carbonyl (C=O) groups is 2. The van der Waals surface area contributed by atoms with E-state index < -0.39 is 0 Å². The zero-order valence-corrected chi connectivity index (χ0v) is 16.9. The minimum atomic E-state index is -0.259. The molecule has 2 N–H and O–H groups in total. The van der Waals surface area contributed by atoms with Crippen LogP contribution in [0.2, 0.25) is 5.02 Å². The third kappa shape index (κ3) is 6.02. The second kappa shape index (κ2) is 10.2. The van der Waals surface area contributed by atoms with Gasteiger partial charge in [0.05, 0.1) is 23.8 Å². The first-order valence-corrected chi connectivity index (χ1v) is 10.9. The lowest BCUT2D eigenvalue weighted by Gasteiger charge is -2.27. The predicted molar refractivity (Wildman–Crippen MR) is 110 cm³/mol. The fraction of sp³-hybridized carbons (Fsp3) is 0.579. The summed E-state index contributed by atoms with van der Waals surface area (Å²) in [5, 5.41) is 6.72. The number of nitrogens with one attached hydrogen (secondary N) is 2. The summed E-state index contributed by atoms with van der Waals surface area (Å²) in [6.45, 7) is 2.85. The molecule has 0 unspecified atom stereocenters. The second-order valence-corrected chi connectivity index (χ2v) is 8.57. The van der Waals surface area contributed by atoms with Gasteiger partial charge in [0.1, 0.15) is 0 Å². The minimum Gasteiger partial charge on any atom is -0.378 e. The Hall–Kier alpha value is -1.44. The van der Waals surface area contributed by atoms with E-state index in [-0.39, 0.29) is 11.9 Å². The Morgan fingerprint density at radius 2 is 1.96 bits per heavy atom. The van der Waals surface area contributed by atoms with E-state index in [1.165, 1.54) is 25.7 Å². The van der Waals surface area contributed by atoms with E-state index in [9.17, 15) is 9.59 Å². The van der Waals surface area contributed by atoms with Crippen LogP contribution in [-0.2, 0) is 4.74 Å². The molecule has 6 nitrogen and oxygen atoms in total. The lowest BCUT2D eigenvalue weighted by Crippen LogP contribution is -2.40. The second-order valence-electron chi connectivity index (χ2n) is 6.76. The Balaban J connectivity index is 1.45. The molecule has 1 aliphatic heterocycles. The monoisotopic (exact) mass is 411 g/mol. The van der Waals surface area contributed by atoms with Gasteiger partial charge in [-0.15, -0.1) is 0 Å². The highest BCUT2D eigenvalue weighted by Gasteiger charge is 2.21. The lowest BCUT2D eigenvalue weighted by molar-refractivity contribution is 0.0303. The van der Waals surface area contributed by atoms with E-state index in [2.05, 4.69) is 10.6 Å². The molecule has 1 saturated heterocycles. The number of morpholine rings is 1. The summed E-state index contributed by atoms with van der Waals surface area (Å²) >= 11 is 8.21.